The van der Waals surface area contributed by atoms with E-state index in [2.05, 4.69) is 4.98 Å². The number of rotatable bonds is 10. The highest BCUT2D eigenvalue weighted by molar-refractivity contribution is 5.66. The van der Waals surface area contributed by atoms with Crippen molar-refractivity contribution in [2.75, 3.05) is 19.8 Å². The smallest absolute Gasteiger partial charge is 0.137 e. The van der Waals surface area contributed by atoms with Crippen LogP contribution in [0.5, 0.6) is 5.75 Å². The van der Waals surface area contributed by atoms with Crippen LogP contribution in [0.15, 0.2) is 67.0 Å². The normalized spacial score (nSPS) is 14.5. The van der Waals surface area contributed by atoms with Gasteiger partial charge in [-0.3, -0.25) is 0 Å². The molecule has 0 unspecified atom stereocenters. The van der Waals surface area contributed by atoms with Crippen LogP contribution in [-0.2, 0) is 0 Å². The van der Waals surface area contributed by atoms with Crippen molar-refractivity contribution in [3.05, 3.63) is 78.4 Å². The number of hydrogen-bond donors (Lipinski definition) is 4. The molecular weight excluding hydrogens is 394 g/mol. The van der Waals surface area contributed by atoms with Gasteiger partial charge in [0.25, 0.3) is 0 Å². The molecule has 0 spiro atoms. The zero-order chi connectivity index (χ0) is 22.2. The first-order chi connectivity index (χ1) is 15.0. The maximum atomic E-state index is 9.83. The van der Waals surface area contributed by atoms with Crippen molar-refractivity contribution in [2.24, 2.45) is 5.73 Å². The Kier molecular flexibility index (Phi) is 7.97. The van der Waals surface area contributed by atoms with E-state index in [-0.39, 0.29) is 25.8 Å². The minimum atomic E-state index is -0.709. The molecule has 0 saturated heterocycles. The highest BCUT2D eigenvalue weighted by Gasteiger charge is 2.14. The van der Waals surface area contributed by atoms with Gasteiger partial charge in [-0.05, 0) is 35.7 Å². The predicted molar refractivity (Wildman–Crippen MR) is 120 cm³/mol. The molecule has 0 saturated carbocycles. The molecule has 0 fully saturated rings. The van der Waals surface area contributed by atoms with Crippen molar-refractivity contribution in [1.82, 2.24) is 9.55 Å². The summed E-state index contributed by atoms with van der Waals surface area (Å²) in [5, 5.41) is 29.1. The Labute approximate surface area is 182 Å². The van der Waals surface area contributed by atoms with Crippen LogP contribution in [0, 0.1) is 0 Å². The van der Waals surface area contributed by atoms with Crippen molar-refractivity contribution < 1.29 is 20.1 Å². The largest absolute Gasteiger partial charge is 0.491 e. The number of aromatic nitrogens is 2. The van der Waals surface area contributed by atoms with Crippen LogP contribution in [0.25, 0.3) is 17.2 Å². The Morgan fingerprint density at radius 3 is 2.29 bits per heavy atom. The van der Waals surface area contributed by atoms with E-state index in [1.807, 2.05) is 60.7 Å². The van der Waals surface area contributed by atoms with Crippen LogP contribution >= 0.6 is 0 Å². The summed E-state index contributed by atoms with van der Waals surface area (Å²) in [6.07, 6.45) is 5.82. The molecule has 0 radical (unpaired) electrons. The van der Waals surface area contributed by atoms with Gasteiger partial charge < -0.3 is 30.4 Å². The Morgan fingerprint density at radius 1 is 1.06 bits per heavy atom. The van der Waals surface area contributed by atoms with Crippen LogP contribution in [0.1, 0.15) is 30.5 Å². The van der Waals surface area contributed by atoms with Crippen molar-refractivity contribution in [1.29, 1.82) is 0 Å². The number of imidazole rings is 1. The maximum absolute atomic E-state index is 9.83. The van der Waals surface area contributed by atoms with Crippen molar-refractivity contribution in [3.8, 4) is 16.9 Å². The second-order valence-corrected chi connectivity index (χ2v) is 7.32. The molecule has 3 atom stereocenters. The van der Waals surface area contributed by atoms with Crippen molar-refractivity contribution in [2.45, 2.75) is 25.2 Å². The van der Waals surface area contributed by atoms with Gasteiger partial charge in [0.1, 0.15) is 30.4 Å². The molecule has 1 heterocycles. The topological polar surface area (TPSA) is 114 Å². The lowest BCUT2D eigenvalue weighted by Crippen LogP contribution is -2.26. The fraction of sp³-hybridized carbons (Fsp3) is 0.292. The lowest BCUT2D eigenvalue weighted by atomic mass is 10.0. The Morgan fingerprint density at radius 2 is 1.71 bits per heavy atom. The maximum Gasteiger partial charge on any atom is 0.137 e. The standard InChI is InChI=1S/C24H29N3O4/c1-17(29)24-26-12-13-27(24)21(15-28)9-4-18-2-5-19(6-3-18)20-7-10-23(11-8-20)31-16-22(30)14-25/h2-13,17,21-22,28-30H,14-16,25H2,1H3/b9-4+/t17-,21-,22+/m0/s1. The minimum Gasteiger partial charge on any atom is -0.491 e. The molecule has 0 aliphatic carbocycles. The number of hydrogen-bond acceptors (Lipinski definition) is 6. The van der Waals surface area contributed by atoms with Crippen molar-refractivity contribution in [3.63, 3.8) is 0 Å². The third-order valence-corrected chi connectivity index (χ3v) is 4.94. The van der Waals surface area contributed by atoms with Gasteiger partial charge in [0, 0.05) is 18.9 Å². The number of benzene rings is 2. The first-order valence-electron chi connectivity index (χ1n) is 10.2. The Balaban J connectivity index is 1.66. The second kappa shape index (κ2) is 10.9. The average Bonchev–Trinajstić information content (AvgIpc) is 3.29. The number of nitrogens with zero attached hydrogens (tertiary/aromatic N) is 2. The van der Waals surface area contributed by atoms with Gasteiger partial charge in [-0.15, -0.1) is 0 Å². The van der Waals surface area contributed by atoms with Gasteiger partial charge in [-0.1, -0.05) is 48.6 Å². The minimum absolute atomic E-state index is 0.0958. The number of nitrogens with two attached hydrogens (primary N) is 1. The summed E-state index contributed by atoms with van der Waals surface area (Å²) >= 11 is 0. The van der Waals surface area contributed by atoms with Crippen LogP contribution in [0.3, 0.4) is 0 Å². The summed E-state index contributed by atoms with van der Waals surface area (Å²) in [6.45, 7) is 1.89. The van der Waals surface area contributed by atoms with E-state index in [4.69, 9.17) is 10.5 Å². The van der Waals surface area contributed by atoms with E-state index in [0.717, 1.165) is 16.7 Å². The van der Waals surface area contributed by atoms with E-state index in [1.165, 1.54) is 0 Å². The summed E-state index contributed by atoms with van der Waals surface area (Å²) < 4.78 is 7.28. The van der Waals surface area contributed by atoms with Gasteiger partial charge in [-0.2, -0.15) is 0 Å². The number of aliphatic hydroxyl groups excluding tert-OH is 3. The van der Waals surface area contributed by atoms with E-state index in [1.54, 1.807) is 23.9 Å². The van der Waals surface area contributed by atoms with Crippen LogP contribution < -0.4 is 10.5 Å². The van der Waals surface area contributed by atoms with Gasteiger partial charge in [0.05, 0.1) is 12.6 Å². The van der Waals surface area contributed by atoms with E-state index < -0.39 is 12.2 Å². The highest BCUT2D eigenvalue weighted by Crippen LogP contribution is 2.24. The van der Waals surface area contributed by atoms with E-state index in [0.29, 0.717) is 11.6 Å². The molecule has 0 aliphatic rings. The molecule has 5 N–H and O–H groups in total. The molecule has 31 heavy (non-hydrogen) atoms. The zero-order valence-corrected chi connectivity index (χ0v) is 17.5. The summed E-state index contributed by atoms with van der Waals surface area (Å²) in [6, 6.07) is 15.4. The molecule has 3 rings (SSSR count). The quantitative estimate of drug-likeness (QED) is 0.399. The zero-order valence-electron chi connectivity index (χ0n) is 17.5. The highest BCUT2D eigenvalue weighted by atomic mass is 16.5. The lowest BCUT2D eigenvalue weighted by Gasteiger charge is -2.16. The first kappa shape index (κ1) is 22.7. The molecule has 0 bridgehead atoms. The molecule has 0 aliphatic heterocycles. The Bertz CT molecular complexity index is 965. The van der Waals surface area contributed by atoms with Crippen LogP contribution in [-0.4, -0.2) is 50.7 Å². The van der Waals surface area contributed by atoms with Crippen molar-refractivity contribution >= 4 is 6.08 Å². The molecule has 7 nitrogen and oxygen atoms in total. The Hall–Kier alpha value is -2.97. The van der Waals surface area contributed by atoms with E-state index >= 15 is 0 Å². The summed E-state index contributed by atoms with van der Waals surface area (Å²) in [4.78, 5) is 4.16. The molecule has 1 aromatic heterocycles. The summed E-state index contributed by atoms with van der Waals surface area (Å²) in [5.41, 5.74) is 8.49. The monoisotopic (exact) mass is 423 g/mol. The second-order valence-electron chi connectivity index (χ2n) is 7.32. The molecule has 0 amide bonds. The van der Waals surface area contributed by atoms with Crippen LogP contribution in [0.2, 0.25) is 0 Å². The SMILES string of the molecule is C[C@H](O)c1nccn1[C@@H](/C=C/c1ccc(-c2ccc(OC[C@H](O)CN)cc2)cc1)CO. The fourth-order valence-electron chi connectivity index (χ4n) is 3.18. The average molecular weight is 424 g/mol. The molecule has 2 aromatic carbocycles. The lowest BCUT2D eigenvalue weighted by molar-refractivity contribution is 0.114. The fourth-order valence-corrected chi connectivity index (χ4v) is 3.18. The molecular formula is C24H29N3O4. The number of aliphatic hydroxyl groups is 3. The van der Waals surface area contributed by atoms with Gasteiger partial charge >= 0.3 is 0 Å². The third kappa shape index (κ3) is 6.02. The van der Waals surface area contributed by atoms with Gasteiger partial charge in [0.15, 0.2) is 0 Å². The van der Waals surface area contributed by atoms with Crippen LogP contribution in [0.4, 0.5) is 0 Å². The first-order valence-corrected chi connectivity index (χ1v) is 10.2. The summed E-state index contributed by atoms with van der Waals surface area (Å²) in [5.74, 6) is 1.20. The summed E-state index contributed by atoms with van der Waals surface area (Å²) in [7, 11) is 0. The molecule has 164 valence electrons. The van der Waals surface area contributed by atoms with Gasteiger partial charge in [-0.25, -0.2) is 4.98 Å². The molecule has 7 heteroatoms. The predicted octanol–water partition coefficient (Wildman–Crippen LogP) is 2.55. The third-order valence-electron chi connectivity index (χ3n) is 4.94. The number of ether oxygens (including phenoxy) is 1. The molecule has 3 aromatic rings. The van der Waals surface area contributed by atoms with Gasteiger partial charge in [0.2, 0.25) is 0 Å². The van der Waals surface area contributed by atoms with E-state index in [9.17, 15) is 15.3 Å².